The van der Waals surface area contributed by atoms with Crippen LogP contribution in [0.1, 0.15) is 22.8 Å². The average molecular weight is 454 g/mol. The number of rotatable bonds is 9. The first-order valence-electron chi connectivity index (χ1n) is 9.28. The topological polar surface area (TPSA) is 108 Å². The van der Waals surface area contributed by atoms with Gasteiger partial charge in [0.05, 0.1) is 4.90 Å². The zero-order valence-corrected chi connectivity index (χ0v) is 18.1. The van der Waals surface area contributed by atoms with Crippen LogP contribution in [-0.2, 0) is 21.4 Å². The summed E-state index contributed by atoms with van der Waals surface area (Å²) in [4.78, 5) is 23.3. The summed E-state index contributed by atoms with van der Waals surface area (Å²) in [5, 5.41) is 7.99. The third kappa shape index (κ3) is 6.72. The standard InChI is InChI=1S/C20H24F2N4O4S/c1-13(27)23-6-7-24-20(28)15-8-17(11-18(9-15)31(29,30)26(2)3)25-12-14-4-5-16(21)10-19(14)22/h4-5,8-11,25H,6-7,12H2,1-3H3,(H,23,27)(H,24,28). The highest BCUT2D eigenvalue weighted by Gasteiger charge is 2.20. The van der Waals surface area contributed by atoms with Gasteiger partial charge in [0, 0.05) is 63.5 Å². The number of hydrogen-bond donors (Lipinski definition) is 3. The molecule has 2 aromatic carbocycles. The monoisotopic (exact) mass is 454 g/mol. The number of nitrogens with zero attached hydrogens (tertiary/aromatic N) is 1. The first kappa shape index (κ1) is 24.2. The van der Waals surface area contributed by atoms with E-state index in [2.05, 4.69) is 16.0 Å². The molecular weight excluding hydrogens is 430 g/mol. The zero-order chi connectivity index (χ0) is 23.2. The lowest BCUT2D eigenvalue weighted by Crippen LogP contribution is -2.33. The van der Waals surface area contributed by atoms with E-state index in [4.69, 9.17) is 0 Å². The van der Waals surface area contributed by atoms with Crippen LogP contribution in [0.15, 0.2) is 41.3 Å². The van der Waals surface area contributed by atoms with E-state index in [1.54, 1.807) is 0 Å². The fourth-order valence-corrected chi connectivity index (χ4v) is 3.54. The van der Waals surface area contributed by atoms with E-state index in [-0.39, 0.29) is 47.3 Å². The highest BCUT2D eigenvalue weighted by molar-refractivity contribution is 7.89. The second-order valence-corrected chi connectivity index (χ2v) is 9.01. The summed E-state index contributed by atoms with van der Waals surface area (Å²) in [5.41, 5.74) is 0.495. The van der Waals surface area contributed by atoms with Gasteiger partial charge in [-0.15, -0.1) is 0 Å². The zero-order valence-electron chi connectivity index (χ0n) is 17.3. The molecule has 168 valence electrons. The summed E-state index contributed by atoms with van der Waals surface area (Å²) in [5.74, 6) is -2.25. The van der Waals surface area contributed by atoms with Gasteiger partial charge in [-0.05, 0) is 24.3 Å². The first-order chi connectivity index (χ1) is 14.5. The molecule has 0 radical (unpaired) electrons. The van der Waals surface area contributed by atoms with Gasteiger partial charge in [-0.2, -0.15) is 0 Å². The van der Waals surface area contributed by atoms with Crippen molar-refractivity contribution >= 4 is 27.5 Å². The van der Waals surface area contributed by atoms with Crippen molar-refractivity contribution in [3.05, 3.63) is 59.2 Å². The Bertz CT molecular complexity index is 1070. The van der Waals surface area contributed by atoms with E-state index in [1.807, 2.05) is 0 Å². The molecule has 0 heterocycles. The number of carbonyl (C=O) groups excluding carboxylic acids is 2. The normalized spacial score (nSPS) is 11.3. The number of benzene rings is 2. The predicted molar refractivity (Wildman–Crippen MR) is 112 cm³/mol. The van der Waals surface area contributed by atoms with E-state index in [0.717, 1.165) is 16.4 Å². The number of amides is 2. The Balaban J connectivity index is 2.28. The Morgan fingerprint density at radius 1 is 1.00 bits per heavy atom. The highest BCUT2D eigenvalue weighted by Crippen LogP contribution is 2.22. The predicted octanol–water partition coefficient (Wildman–Crippen LogP) is 1.69. The van der Waals surface area contributed by atoms with Crippen LogP contribution < -0.4 is 16.0 Å². The minimum atomic E-state index is -3.86. The van der Waals surface area contributed by atoms with Crippen LogP contribution in [0.25, 0.3) is 0 Å². The van der Waals surface area contributed by atoms with Crippen LogP contribution in [0.4, 0.5) is 14.5 Å². The van der Waals surface area contributed by atoms with Crippen LogP contribution >= 0.6 is 0 Å². The average Bonchev–Trinajstić information content (AvgIpc) is 2.69. The van der Waals surface area contributed by atoms with Gasteiger partial charge in [0.25, 0.3) is 5.91 Å². The van der Waals surface area contributed by atoms with Crippen molar-refractivity contribution in [2.45, 2.75) is 18.4 Å². The molecule has 0 unspecified atom stereocenters. The highest BCUT2D eigenvalue weighted by atomic mass is 32.2. The quantitative estimate of drug-likeness (QED) is 0.500. The molecule has 0 atom stereocenters. The number of sulfonamides is 1. The maximum Gasteiger partial charge on any atom is 0.251 e. The van der Waals surface area contributed by atoms with Gasteiger partial charge in [-0.25, -0.2) is 21.5 Å². The van der Waals surface area contributed by atoms with E-state index in [1.165, 1.54) is 45.3 Å². The Kier molecular flexibility index (Phi) is 8.06. The summed E-state index contributed by atoms with van der Waals surface area (Å²) in [6, 6.07) is 7.11. The summed E-state index contributed by atoms with van der Waals surface area (Å²) in [6.45, 7) is 1.65. The van der Waals surface area contributed by atoms with Crippen LogP contribution in [0.5, 0.6) is 0 Å². The molecule has 2 rings (SSSR count). The van der Waals surface area contributed by atoms with Crippen molar-refractivity contribution in [1.82, 2.24) is 14.9 Å². The molecule has 0 aliphatic carbocycles. The van der Waals surface area contributed by atoms with Gasteiger partial charge < -0.3 is 16.0 Å². The molecule has 0 aromatic heterocycles. The molecule has 0 saturated heterocycles. The molecule has 8 nitrogen and oxygen atoms in total. The molecule has 11 heteroatoms. The lowest BCUT2D eigenvalue weighted by molar-refractivity contribution is -0.118. The Labute approximate surface area is 179 Å². The van der Waals surface area contributed by atoms with Crippen LogP contribution in [0, 0.1) is 11.6 Å². The smallest absolute Gasteiger partial charge is 0.251 e. The van der Waals surface area contributed by atoms with Gasteiger partial charge in [-0.3, -0.25) is 9.59 Å². The van der Waals surface area contributed by atoms with E-state index >= 15 is 0 Å². The van der Waals surface area contributed by atoms with E-state index < -0.39 is 27.6 Å². The summed E-state index contributed by atoms with van der Waals surface area (Å²) >= 11 is 0. The fourth-order valence-electron chi connectivity index (χ4n) is 2.57. The Morgan fingerprint density at radius 3 is 2.29 bits per heavy atom. The van der Waals surface area contributed by atoms with Crippen molar-refractivity contribution in [2.75, 3.05) is 32.5 Å². The minimum Gasteiger partial charge on any atom is -0.381 e. The first-order valence-corrected chi connectivity index (χ1v) is 10.7. The number of halogens is 2. The SMILES string of the molecule is CC(=O)NCCNC(=O)c1cc(NCc2ccc(F)cc2F)cc(S(=O)(=O)N(C)C)c1. The van der Waals surface area contributed by atoms with Crippen LogP contribution in [0.3, 0.4) is 0 Å². The molecule has 3 N–H and O–H groups in total. The molecule has 0 aliphatic rings. The summed E-state index contributed by atoms with van der Waals surface area (Å²) in [6.07, 6.45) is 0. The summed E-state index contributed by atoms with van der Waals surface area (Å²) in [7, 11) is -1.14. The number of hydrogen-bond acceptors (Lipinski definition) is 5. The second kappa shape index (κ2) is 10.3. The Hall–Kier alpha value is -3.05. The van der Waals surface area contributed by atoms with Crippen molar-refractivity contribution in [1.29, 1.82) is 0 Å². The Morgan fingerprint density at radius 2 is 1.68 bits per heavy atom. The lowest BCUT2D eigenvalue weighted by Gasteiger charge is -2.15. The fraction of sp³-hybridized carbons (Fsp3) is 0.300. The van der Waals surface area contributed by atoms with Gasteiger partial charge in [0.2, 0.25) is 15.9 Å². The lowest BCUT2D eigenvalue weighted by atomic mass is 10.1. The molecule has 2 aromatic rings. The second-order valence-electron chi connectivity index (χ2n) is 6.86. The van der Waals surface area contributed by atoms with Crippen molar-refractivity contribution in [2.24, 2.45) is 0 Å². The third-order valence-corrected chi connectivity index (χ3v) is 6.02. The number of nitrogens with one attached hydrogen (secondary N) is 3. The molecule has 2 amide bonds. The van der Waals surface area contributed by atoms with Gasteiger partial charge in [-0.1, -0.05) is 6.07 Å². The number of anilines is 1. The van der Waals surface area contributed by atoms with Crippen molar-refractivity contribution in [3.63, 3.8) is 0 Å². The molecular formula is C20H24F2N4O4S. The molecule has 0 spiro atoms. The van der Waals surface area contributed by atoms with Crippen LogP contribution in [0.2, 0.25) is 0 Å². The van der Waals surface area contributed by atoms with Gasteiger partial charge >= 0.3 is 0 Å². The molecule has 0 aliphatic heterocycles. The van der Waals surface area contributed by atoms with Crippen molar-refractivity contribution in [3.8, 4) is 0 Å². The van der Waals surface area contributed by atoms with Crippen LogP contribution in [-0.4, -0.2) is 51.7 Å². The number of carbonyl (C=O) groups is 2. The maximum atomic E-state index is 13.9. The molecule has 0 fully saturated rings. The maximum absolute atomic E-state index is 13.9. The molecule has 0 bridgehead atoms. The largest absolute Gasteiger partial charge is 0.381 e. The minimum absolute atomic E-state index is 0.0544. The third-order valence-electron chi connectivity index (χ3n) is 4.23. The van der Waals surface area contributed by atoms with Crippen molar-refractivity contribution < 1.29 is 26.8 Å². The van der Waals surface area contributed by atoms with Gasteiger partial charge in [0.1, 0.15) is 11.6 Å². The van der Waals surface area contributed by atoms with E-state index in [9.17, 15) is 26.8 Å². The summed E-state index contributed by atoms with van der Waals surface area (Å²) < 4.78 is 53.1. The molecule has 0 saturated carbocycles. The van der Waals surface area contributed by atoms with Gasteiger partial charge in [0.15, 0.2) is 0 Å². The van der Waals surface area contributed by atoms with E-state index in [0.29, 0.717) is 0 Å². The molecule has 31 heavy (non-hydrogen) atoms.